The average molecular weight is 274 g/mol. The van der Waals surface area contributed by atoms with E-state index in [1.54, 1.807) is 12.2 Å². The minimum atomic E-state index is -1.06. The lowest BCUT2D eigenvalue weighted by Crippen LogP contribution is -2.22. The molecule has 0 saturated heterocycles. The van der Waals surface area contributed by atoms with Gasteiger partial charge in [0.25, 0.3) is 0 Å². The van der Waals surface area contributed by atoms with Gasteiger partial charge in [-0.05, 0) is 12.2 Å². The maximum absolute atomic E-state index is 11.5. The van der Waals surface area contributed by atoms with Crippen LogP contribution in [0.15, 0.2) is 47.6 Å². The van der Waals surface area contributed by atoms with Crippen LogP contribution >= 0.6 is 0 Å². The zero-order valence-corrected chi connectivity index (χ0v) is 10.3. The first kappa shape index (κ1) is 13.7. The summed E-state index contributed by atoms with van der Waals surface area (Å²) in [6, 6.07) is 0. The van der Waals surface area contributed by atoms with Crippen molar-refractivity contribution in [3.63, 3.8) is 0 Å². The molecule has 20 heavy (non-hydrogen) atoms. The fourth-order valence-corrected chi connectivity index (χ4v) is 1.61. The Bertz CT molecular complexity index is 549. The van der Waals surface area contributed by atoms with Gasteiger partial charge in [0.15, 0.2) is 11.6 Å². The second kappa shape index (κ2) is 5.92. The molecule has 0 fully saturated rings. The van der Waals surface area contributed by atoms with E-state index in [9.17, 15) is 19.2 Å². The van der Waals surface area contributed by atoms with Crippen molar-refractivity contribution in [2.24, 2.45) is 0 Å². The fourth-order valence-electron chi connectivity index (χ4n) is 1.61. The van der Waals surface area contributed by atoms with Crippen molar-refractivity contribution in [1.82, 2.24) is 0 Å². The van der Waals surface area contributed by atoms with Crippen LogP contribution in [0.1, 0.15) is 12.8 Å². The lowest BCUT2D eigenvalue weighted by molar-refractivity contribution is -0.252. The van der Waals surface area contributed by atoms with Gasteiger partial charge in [0.1, 0.15) is 11.1 Å². The van der Waals surface area contributed by atoms with Crippen LogP contribution < -0.4 is 0 Å². The van der Waals surface area contributed by atoms with Gasteiger partial charge in [-0.1, -0.05) is 24.3 Å². The molecule has 0 heterocycles. The van der Waals surface area contributed by atoms with Crippen molar-refractivity contribution in [2.45, 2.75) is 12.8 Å². The molecule has 6 nitrogen and oxygen atoms in total. The number of hydrogen-bond acceptors (Lipinski definition) is 6. The first-order valence-electron chi connectivity index (χ1n) is 5.83. The average Bonchev–Trinajstić information content (AvgIpc) is 2.45. The summed E-state index contributed by atoms with van der Waals surface area (Å²) in [7, 11) is 0. The van der Waals surface area contributed by atoms with Crippen molar-refractivity contribution >= 4 is 23.5 Å². The van der Waals surface area contributed by atoms with Crippen LogP contribution in [0.2, 0.25) is 0 Å². The lowest BCUT2D eigenvalue weighted by atomic mass is 10.0. The molecule has 0 spiro atoms. The van der Waals surface area contributed by atoms with Gasteiger partial charge in [0.2, 0.25) is 0 Å². The van der Waals surface area contributed by atoms with E-state index in [2.05, 4.69) is 9.78 Å². The van der Waals surface area contributed by atoms with Crippen molar-refractivity contribution in [2.75, 3.05) is 0 Å². The Hall–Kier alpha value is -2.76. The molecule has 0 aromatic heterocycles. The van der Waals surface area contributed by atoms with Crippen molar-refractivity contribution < 1.29 is 29.0 Å². The summed E-state index contributed by atoms with van der Waals surface area (Å²) in [5.41, 5.74) is -0.409. The van der Waals surface area contributed by atoms with E-state index in [0.717, 1.165) is 0 Å². The van der Waals surface area contributed by atoms with Gasteiger partial charge in [-0.2, -0.15) is 0 Å². The lowest BCUT2D eigenvalue weighted by Gasteiger charge is -2.08. The molecule has 0 saturated carbocycles. The minimum Gasteiger partial charge on any atom is -0.294 e. The summed E-state index contributed by atoms with van der Waals surface area (Å²) >= 11 is 0. The van der Waals surface area contributed by atoms with E-state index in [1.165, 1.54) is 24.3 Å². The van der Waals surface area contributed by atoms with Crippen LogP contribution in [-0.2, 0) is 29.0 Å². The molecule has 2 rings (SSSR count). The highest BCUT2D eigenvalue weighted by atomic mass is 17.2. The molecule has 2 aliphatic carbocycles. The van der Waals surface area contributed by atoms with E-state index in [-0.39, 0.29) is 24.0 Å². The van der Waals surface area contributed by atoms with Gasteiger partial charge < -0.3 is 0 Å². The molecule has 0 N–H and O–H groups in total. The fraction of sp³-hybridized carbons (Fsp3) is 0.143. The molecule has 102 valence electrons. The van der Waals surface area contributed by atoms with Crippen LogP contribution in [0.5, 0.6) is 0 Å². The first-order valence-corrected chi connectivity index (χ1v) is 5.83. The quantitative estimate of drug-likeness (QED) is 0.422. The smallest absolute Gasteiger partial charge is 0.294 e. The summed E-state index contributed by atoms with van der Waals surface area (Å²) in [6.45, 7) is 0. The van der Waals surface area contributed by atoms with E-state index >= 15 is 0 Å². The normalized spacial score (nSPS) is 17.4. The Labute approximate surface area is 114 Å². The highest BCUT2D eigenvalue weighted by Crippen LogP contribution is 2.12. The van der Waals surface area contributed by atoms with Gasteiger partial charge in [0.05, 0.1) is 0 Å². The van der Waals surface area contributed by atoms with Crippen LogP contribution in [0.3, 0.4) is 0 Å². The van der Waals surface area contributed by atoms with Gasteiger partial charge in [-0.3, -0.25) is 9.59 Å². The molecule has 0 aromatic carbocycles. The minimum absolute atomic E-state index is 0.0866. The molecular weight excluding hydrogens is 264 g/mol. The van der Waals surface area contributed by atoms with Gasteiger partial charge in [0, 0.05) is 12.8 Å². The Kier molecular flexibility index (Phi) is 4.05. The molecule has 0 amide bonds. The van der Waals surface area contributed by atoms with Gasteiger partial charge in [-0.15, -0.1) is 0 Å². The van der Waals surface area contributed by atoms with Crippen LogP contribution in [0, 0.1) is 0 Å². The third-order valence-electron chi connectivity index (χ3n) is 2.64. The molecule has 0 bridgehead atoms. The Balaban J connectivity index is 1.95. The molecule has 0 atom stereocenters. The number of Topliss-reactive ketones (excluding diaryl/α,β-unsaturated/α-hetero) is 2. The van der Waals surface area contributed by atoms with Crippen molar-refractivity contribution in [1.29, 1.82) is 0 Å². The maximum atomic E-state index is 11.5. The second-order valence-corrected chi connectivity index (χ2v) is 4.01. The Morgan fingerprint density at radius 2 is 1.20 bits per heavy atom. The summed E-state index contributed by atoms with van der Waals surface area (Å²) in [5, 5.41) is 0. The first-order chi connectivity index (χ1) is 9.59. The summed E-state index contributed by atoms with van der Waals surface area (Å²) in [4.78, 5) is 54.4. The predicted molar refractivity (Wildman–Crippen MR) is 65.9 cm³/mol. The number of allylic oxidation sites excluding steroid dienone is 6. The standard InChI is InChI=1S/C14H10O6/c15-11-7-3-1-5-9(11)13(17)19-20-14(18)10-6-2-4-8-12(10)16/h1-6H,7-8H2. The van der Waals surface area contributed by atoms with Crippen molar-refractivity contribution in [3.05, 3.63) is 47.6 Å². The zero-order valence-electron chi connectivity index (χ0n) is 10.3. The molecule has 0 aromatic rings. The Morgan fingerprint density at radius 1 is 0.800 bits per heavy atom. The largest absolute Gasteiger partial charge is 0.389 e. The number of rotatable bonds is 2. The predicted octanol–water partition coefficient (Wildman–Crippen LogP) is 0.899. The highest BCUT2D eigenvalue weighted by Gasteiger charge is 2.25. The molecular formula is C14H10O6. The van der Waals surface area contributed by atoms with Gasteiger partial charge in [-0.25, -0.2) is 19.4 Å². The maximum Gasteiger partial charge on any atom is 0.389 e. The molecule has 0 radical (unpaired) electrons. The monoisotopic (exact) mass is 274 g/mol. The van der Waals surface area contributed by atoms with Crippen LogP contribution in [0.4, 0.5) is 0 Å². The van der Waals surface area contributed by atoms with E-state index in [1.807, 2.05) is 0 Å². The zero-order chi connectivity index (χ0) is 14.5. The highest BCUT2D eigenvalue weighted by molar-refractivity contribution is 6.20. The van der Waals surface area contributed by atoms with E-state index in [4.69, 9.17) is 0 Å². The van der Waals surface area contributed by atoms with E-state index < -0.39 is 23.5 Å². The topological polar surface area (TPSA) is 86.7 Å². The van der Waals surface area contributed by atoms with Crippen LogP contribution in [-0.4, -0.2) is 23.5 Å². The number of ketones is 2. The summed E-state index contributed by atoms with van der Waals surface area (Å²) in [6.07, 6.45) is 8.94. The van der Waals surface area contributed by atoms with Crippen molar-refractivity contribution in [3.8, 4) is 0 Å². The molecule has 0 unspecified atom stereocenters. The summed E-state index contributed by atoms with van der Waals surface area (Å²) < 4.78 is 0. The third-order valence-corrected chi connectivity index (χ3v) is 2.64. The van der Waals surface area contributed by atoms with E-state index in [0.29, 0.717) is 0 Å². The van der Waals surface area contributed by atoms with Crippen LogP contribution in [0.25, 0.3) is 0 Å². The molecule has 2 aliphatic rings. The molecule has 0 aliphatic heterocycles. The van der Waals surface area contributed by atoms with Gasteiger partial charge >= 0.3 is 11.9 Å². The SMILES string of the molecule is O=C1CC=CC=C1C(=O)OOC(=O)C1=CC=CCC1=O. The third kappa shape index (κ3) is 2.97. The number of hydrogen-bond donors (Lipinski definition) is 0. The Morgan fingerprint density at radius 3 is 1.55 bits per heavy atom. The number of carbonyl (C=O) groups is 4. The molecule has 6 heteroatoms. The summed E-state index contributed by atoms with van der Waals surface area (Å²) in [5.74, 6) is -2.98. The second-order valence-electron chi connectivity index (χ2n) is 4.01. The number of carbonyl (C=O) groups excluding carboxylic acids is 4.